The van der Waals surface area contributed by atoms with E-state index >= 15 is 0 Å². The SMILES string of the molecule is COC(=O)c1ccc(OC2CO[C@H]3CN(C(=O)c4cc(C)n(C)n4)C[C@@H]3OC2)cc1. The largest absolute Gasteiger partial charge is 0.486 e. The number of aromatic nitrogens is 2. The van der Waals surface area contributed by atoms with Crippen molar-refractivity contribution >= 4 is 11.9 Å². The van der Waals surface area contributed by atoms with Gasteiger partial charge in [-0.15, -0.1) is 0 Å². The number of benzene rings is 1. The van der Waals surface area contributed by atoms with Gasteiger partial charge in [0, 0.05) is 25.8 Å². The van der Waals surface area contributed by atoms with Crippen LogP contribution in [0.1, 0.15) is 26.5 Å². The Bertz CT molecular complexity index is 890. The predicted molar refractivity (Wildman–Crippen MR) is 106 cm³/mol. The lowest BCUT2D eigenvalue weighted by atomic mass is 10.2. The number of esters is 1. The van der Waals surface area contributed by atoms with Gasteiger partial charge < -0.3 is 23.8 Å². The molecular formula is C21H25N3O6. The molecule has 3 heterocycles. The van der Waals surface area contributed by atoms with Gasteiger partial charge in [0.05, 0.1) is 25.9 Å². The molecule has 2 aromatic rings. The van der Waals surface area contributed by atoms with E-state index in [0.29, 0.717) is 43.3 Å². The number of hydrogen-bond donors (Lipinski definition) is 0. The zero-order valence-corrected chi connectivity index (χ0v) is 17.2. The van der Waals surface area contributed by atoms with Crippen LogP contribution in [0.4, 0.5) is 0 Å². The Morgan fingerprint density at radius 2 is 1.73 bits per heavy atom. The Hall–Kier alpha value is -2.91. The highest BCUT2D eigenvalue weighted by molar-refractivity contribution is 5.92. The number of nitrogens with zero attached hydrogens (tertiary/aromatic N) is 3. The van der Waals surface area contributed by atoms with Gasteiger partial charge in [-0.2, -0.15) is 5.10 Å². The van der Waals surface area contributed by atoms with Crippen molar-refractivity contribution in [2.75, 3.05) is 33.4 Å². The Balaban J connectivity index is 1.32. The monoisotopic (exact) mass is 415 g/mol. The molecular weight excluding hydrogens is 390 g/mol. The zero-order chi connectivity index (χ0) is 21.3. The number of methoxy groups -OCH3 is 1. The Kier molecular flexibility index (Phi) is 5.74. The molecule has 0 spiro atoms. The molecule has 1 aromatic carbocycles. The molecule has 30 heavy (non-hydrogen) atoms. The lowest BCUT2D eigenvalue weighted by Gasteiger charge is -2.19. The van der Waals surface area contributed by atoms with Crippen molar-refractivity contribution in [3.05, 3.63) is 47.3 Å². The number of likely N-dealkylation sites (tertiary alicyclic amines) is 1. The summed E-state index contributed by atoms with van der Waals surface area (Å²) in [4.78, 5) is 26.0. The molecule has 2 atom stereocenters. The first-order valence-electron chi connectivity index (χ1n) is 9.82. The summed E-state index contributed by atoms with van der Waals surface area (Å²) >= 11 is 0. The minimum atomic E-state index is -0.393. The van der Waals surface area contributed by atoms with Crippen molar-refractivity contribution in [1.82, 2.24) is 14.7 Å². The van der Waals surface area contributed by atoms with Crippen molar-refractivity contribution < 1.29 is 28.5 Å². The van der Waals surface area contributed by atoms with E-state index in [4.69, 9.17) is 18.9 Å². The number of carbonyl (C=O) groups excluding carboxylic acids is 2. The molecule has 1 aromatic heterocycles. The van der Waals surface area contributed by atoms with Crippen molar-refractivity contribution in [3.8, 4) is 5.75 Å². The van der Waals surface area contributed by atoms with Crippen LogP contribution in [0, 0.1) is 6.92 Å². The second-order valence-electron chi connectivity index (χ2n) is 7.50. The highest BCUT2D eigenvalue weighted by atomic mass is 16.6. The molecule has 2 aliphatic rings. The van der Waals surface area contributed by atoms with E-state index in [1.165, 1.54) is 7.11 Å². The van der Waals surface area contributed by atoms with Crippen LogP contribution in [0.2, 0.25) is 0 Å². The molecule has 0 aliphatic carbocycles. The summed E-state index contributed by atoms with van der Waals surface area (Å²) in [5.41, 5.74) is 1.82. The van der Waals surface area contributed by atoms with E-state index in [1.807, 2.05) is 14.0 Å². The lowest BCUT2D eigenvalue weighted by Crippen LogP contribution is -2.33. The van der Waals surface area contributed by atoms with Crippen LogP contribution in [0.3, 0.4) is 0 Å². The van der Waals surface area contributed by atoms with Gasteiger partial charge in [-0.3, -0.25) is 9.48 Å². The first-order valence-corrected chi connectivity index (χ1v) is 9.82. The van der Waals surface area contributed by atoms with Crippen molar-refractivity contribution in [2.24, 2.45) is 7.05 Å². The fourth-order valence-electron chi connectivity index (χ4n) is 3.61. The van der Waals surface area contributed by atoms with Crippen molar-refractivity contribution in [1.29, 1.82) is 0 Å². The van der Waals surface area contributed by atoms with Crippen LogP contribution in [-0.4, -0.2) is 78.3 Å². The number of aryl methyl sites for hydroxylation is 2. The minimum Gasteiger partial charge on any atom is -0.486 e. The van der Waals surface area contributed by atoms with Gasteiger partial charge in [-0.05, 0) is 37.3 Å². The lowest BCUT2D eigenvalue weighted by molar-refractivity contribution is -0.00461. The van der Waals surface area contributed by atoms with Crippen LogP contribution < -0.4 is 4.74 Å². The maximum atomic E-state index is 12.7. The molecule has 1 amide bonds. The number of fused-ring (bicyclic) bond motifs is 1. The quantitative estimate of drug-likeness (QED) is 0.693. The van der Waals surface area contributed by atoms with Gasteiger partial charge in [0.25, 0.3) is 5.91 Å². The fourth-order valence-corrected chi connectivity index (χ4v) is 3.61. The molecule has 9 heteroatoms. The van der Waals surface area contributed by atoms with E-state index < -0.39 is 5.97 Å². The van der Waals surface area contributed by atoms with E-state index in [9.17, 15) is 9.59 Å². The number of hydrogen-bond acceptors (Lipinski definition) is 7. The Morgan fingerprint density at radius 3 is 2.27 bits per heavy atom. The summed E-state index contributed by atoms with van der Waals surface area (Å²) < 4.78 is 24.3. The number of amides is 1. The number of carbonyl (C=O) groups is 2. The third kappa shape index (κ3) is 4.17. The van der Waals surface area contributed by atoms with Crippen molar-refractivity contribution in [2.45, 2.75) is 25.2 Å². The summed E-state index contributed by atoms with van der Waals surface area (Å²) in [5.74, 6) is 0.113. The third-order valence-electron chi connectivity index (χ3n) is 5.41. The normalized spacial score (nSPS) is 21.8. The van der Waals surface area contributed by atoms with Gasteiger partial charge in [0.2, 0.25) is 0 Å². The van der Waals surface area contributed by atoms with Gasteiger partial charge in [-0.1, -0.05) is 0 Å². The summed E-state index contributed by atoms with van der Waals surface area (Å²) in [7, 11) is 3.16. The molecule has 0 bridgehead atoms. The van der Waals surface area contributed by atoms with Gasteiger partial charge >= 0.3 is 5.97 Å². The highest BCUT2D eigenvalue weighted by Crippen LogP contribution is 2.24. The van der Waals surface area contributed by atoms with Crippen LogP contribution in [0.5, 0.6) is 5.75 Å². The summed E-state index contributed by atoms with van der Waals surface area (Å²) in [5, 5.41) is 4.27. The molecule has 0 radical (unpaired) electrons. The molecule has 0 unspecified atom stereocenters. The second kappa shape index (κ2) is 8.45. The number of rotatable bonds is 4. The second-order valence-corrected chi connectivity index (χ2v) is 7.50. The summed E-state index contributed by atoms with van der Waals surface area (Å²) in [6, 6.07) is 8.52. The zero-order valence-electron chi connectivity index (χ0n) is 17.2. The highest BCUT2D eigenvalue weighted by Gasteiger charge is 2.40. The van der Waals surface area contributed by atoms with E-state index in [1.54, 1.807) is 39.9 Å². The molecule has 0 N–H and O–H groups in total. The van der Waals surface area contributed by atoms with Crippen molar-refractivity contribution in [3.63, 3.8) is 0 Å². The minimum absolute atomic E-state index is 0.113. The first kappa shape index (κ1) is 20.4. The molecule has 0 saturated carbocycles. The number of ether oxygens (including phenoxy) is 4. The topological polar surface area (TPSA) is 92.1 Å². The molecule has 4 rings (SSSR count). The first-order chi connectivity index (χ1) is 14.4. The standard InChI is InChI=1S/C21H25N3O6/c1-13-8-17(22-23(13)2)20(25)24-9-18-19(10-24)29-12-16(11-28-18)30-15-6-4-14(5-7-15)21(26)27-3/h4-8,16,18-19H,9-12H2,1-3H3/t18-,19-/m0/s1. The molecule has 160 valence electrons. The van der Waals surface area contributed by atoms with Crippen LogP contribution >= 0.6 is 0 Å². The van der Waals surface area contributed by atoms with Gasteiger partial charge in [-0.25, -0.2) is 4.79 Å². The Morgan fingerprint density at radius 1 is 1.10 bits per heavy atom. The summed E-state index contributed by atoms with van der Waals surface area (Å²) in [6.45, 7) is 3.53. The average Bonchev–Trinajstić information content (AvgIpc) is 3.26. The maximum Gasteiger partial charge on any atom is 0.337 e. The smallest absolute Gasteiger partial charge is 0.337 e. The molecule has 2 fully saturated rings. The van der Waals surface area contributed by atoms with E-state index in [0.717, 1.165) is 5.69 Å². The average molecular weight is 415 g/mol. The van der Waals surface area contributed by atoms with E-state index in [2.05, 4.69) is 5.10 Å². The predicted octanol–water partition coefficient (Wildman–Crippen LogP) is 1.20. The molecule has 2 aliphatic heterocycles. The third-order valence-corrected chi connectivity index (χ3v) is 5.41. The molecule has 9 nitrogen and oxygen atoms in total. The fraction of sp³-hybridized carbons (Fsp3) is 0.476. The van der Waals surface area contributed by atoms with Crippen LogP contribution in [-0.2, 0) is 21.3 Å². The maximum absolute atomic E-state index is 12.7. The van der Waals surface area contributed by atoms with Crippen LogP contribution in [0.15, 0.2) is 30.3 Å². The van der Waals surface area contributed by atoms with E-state index in [-0.39, 0.29) is 24.2 Å². The molecule has 2 saturated heterocycles. The van der Waals surface area contributed by atoms with Gasteiger partial charge in [0.1, 0.15) is 24.1 Å². The Labute approximate surface area is 174 Å². The van der Waals surface area contributed by atoms with Crippen LogP contribution in [0.25, 0.3) is 0 Å². The van der Waals surface area contributed by atoms with Gasteiger partial charge in [0.15, 0.2) is 5.69 Å². The summed E-state index contributed by atoms with van der Waals surface area (Å²) in [6.07, 6.45) is -0.676.